The van der Waals surface area contributed by atoms with Gasteiger partial charge in [-0.05, 0) is 53.8 Å². The lowest BCUT2D eigenvalue weighted by molar-refractivity contribution is -0.143. The molecule has 214 valence electrons. The second-order valence-electron chi connectivity index (χ2n) is 10.8. The summed E-state index contributed by atoms with van der Waals surface area (Å²) >= 11 is 0. The van der Waals surface area contributed by atoms with Gasteiger partial charge in [0.25, 0.3) is 0 Å². The van der Waals surface area contributed by atoms with E-state index in [1.807, 2.05) is 54.6 Å². The van der Waals surface area contributed by atoms with E-state index < -0.39 is 12.2 Å². The van der Waals surface area contributed by atoms with Gasteiger partial charge in [0.2, 0.25) is 0 Å². The van der Waals surface area contributed by atoms with Gasteiger partial charge in [0.05, 0.1) is 49.3 Å². The molecule has 5 aromatic rings. The van der Waals surface area contributed by atoms with Crippen molar-refractivity contribution in [1.29, 1.82) is 0 Å². The van der Waals surface area contributed by atoms with Crippen molar-refractivity contribution in [1.82, 2.24) is 9.97 Å². The predicted octanol–water partition coefficient (Wildman–Crippen LogP) is 7.31. The quantitative estimate of drug-likeness (QED) is 0.184. The molecule has 6 nitrogen and oxygen atoms in total. The highest BCUT2D eigenvalue weighted by atomic mass is 16.6. The molecule has 0 unspecified atom stereocenters. The van der Waals surface area contributed by atoms with Crippen LogP contribution in [0.5, 0.6) is 0 Å². The number of aryl methyl sites for hydroxylation is 2. The van der Waals surface area contributed by atoms with Gasteiger partial charge < -0.3 is 23.9 Å². The second kappa shape index (κ2) is 13.2. The van der Waals surface area contributed by atoms with E-state index in [9.17, 15) is 0 Å². The summed E-state index contributed by atoms with van der Waals surface area (Å²) < 4.78 is 25.8. The minimum atomic E-state index is -0.448. The lowest BCUT2D eigenvalue weighted by Gasteiger charge is -2.37. The summed E-state index contributed by atoms with van der Waals surface area (Å²) in [6.07, 6.45) is 0.499. The standard InChI is InChI=1S/C36H36N2O4/c1-25-18-31-32(19-26(25)2)38-36(37-31)30-23-40-33(24-39-20-27-12-6-3-7-13-27)35(42-22-29-16-10-5-11-17-29)34(30)41-21-28-14-8-4-9-15-28/h3-19,23,33-35H,20-22,24H2,1-2H3,(H,37,38)/t33-,34-,35+/m1/s1. The second-order valence-corrected chi connectivity index (χ2v) is 10.8. The average molecular weight is 561 g/mol. The van der Waals surface area contributed by atoms with Gasteiger partial charge in [0, 0.05) is 0 Å². The van der Waals surface area contributed by atoms with E-state index >= 15 is 0 Å². The first kappa shape index (κ1) is 27.9. The third-order valence-corrected chi connectivity index (χ3v) is 7.66. The molecular weight excluding hydrogens is 524 g/mol. The van der Waals surface area contributed by atoms with Gasteiger partial charge >= 0.3 is 0 Å². The molecule has 0 bridgehead atoms. The molecule has 2 heterocycles. The van der Waals surface area contributed by atoms with Gasteiger partial charge in [-0.15, -0.1) is 0 Å². The third kappa shape index (κ3) is 6.63. The Labute approximate surface area is 246 Å². The first-order valence-electron chi connectivity index (χ1n) is 14.4. The molecule has 1 aliphatic rings. The molecule has 42 heavy (non-hydrogen) atoms. The number of hydrogen-bond donors (Lipinski definition) is 1. The number of rotatable bonds is 11. The molecule has 0 amide bonds. The first-order valence-corrected chi connectivity index (χ1v) is 14.4. The van der Waals surface area contributed by atoms with E-state index in [4.69, 9.17) is 23.9 Å². The van der Waals surface area contributed by atoms with Crippen LogP contribution in [-0.2, 0) is 38.8 Å². The monoisotopic (exact) mass is 560 g/mol. The fraction of sp³-hybridized carbons (Fsp3) is 0.250. The van der Waals surface area contributed by atoms with Gasteiger partial charge in [-0.2, -0.15) is 0 Å². The number of nitrogens with one attached hydrogen (secondary N) is 1. The maximum Gasteiger partial charge on any atom is 0.150 e. The Balaban J connectivity index is 1.31. The van der Waals surface area contributed by atoms with E-state index in [1.165, 1.54) is 11.1 Å². The number of aromatic amines is 1. The maximum absolute atomic E-state index is 6.69. The number of hydrogen-bond acceptors (Lipinski definition) is 5. The summed E-state index contributed by atoms with van der Waals surface area (Å²) in [7, 11) is 0. The molecule has 0 fully saturated rings. The largest absolute Gasteiger partial charge is 0.492 e. The summed E-state index contributed by atoms with van der Waals surface area (Å²) in [6.45, 7) is 5.89. The highest BCUT2D eigenvalue weighted by Gasteiger charge is 2.40. The Kier molecular flexibility index (Phi) is 8.75. The third-order valence-electron chi connectivity index (χ3n) is 7.66. The topological polar surface area (TPSA) is 65.6 Å². The van der Waals surface area contributed by atoms with Crippen LogP contribution >= 0.6 is 0 Å². The van der Waals surface area contributed by atoms with Gasteiger partial charge in [-0.25, -0.2) is 4.98 Å². The van der Waals surface area contributed by atoms with Gasteiger partial charge in [0.15, 0.2) is 0 Å². The number of benzene rings is 4. The fourth-order valence-corrected chi connectivity index (χ4v) is 5.18. The minimum Gasteiger partial charge on any atom is -0.492 e. The number of H-pyrrole nitrogens is 1. The van der Waals surface area contributed by atoms with Crippen molar-refractivity contribution in [2.75, 3.05) is 6.61 Å². The zero-order valence-corrected chi connectivity index (χ0v) is 24.0. The molecule has 6 heteroatoms. The summed E-state index contributed by atoms with van der Waals surface area (Å²) in [5.41, 5.74) is 8.38. The molecule has 6 rings (SSSR count). The predicted molar refractivity (Wildman–Crippen MR) is 165 cm³/mol. The van der Waals surface area contributed by atoms with E-state index in [2.05, 4.69) is 67.4 Å². The van der Waals surface area contributed by atoms with Crippen LogP contribution in [0.3, 0.4) is 0 Å². The lowest BCUT2D eigenvalue weighted by Crippen LogP contribution is -2.47. The van der Waals surface area contributed by atoms with Crippen LogP contribution < -0.4 is 0 Å². The molecule has 0 saturated carbocycles. The summed E-state index contributed by atoms with van der Waals surface area (Å²) in [4.78, 5) is 8.46. The highest BCUT2D eigenvalue weighted by Crippen LogP contribution is 2.33. The molecule has 1 aromatic heterocycles. The van der Waals surface area contributed by atoms with E-state index in [0.717, 1.165) is 33.3 Å². The van der Waals surface area contributed by atoms with E-state index in [0.29, 0.717) is 32.3 Å². The van der Waals surface area contributed by atoms with Crippen LogP contribution in [0, 0.1) is 13.8 Å². The molecule has 0 aliphatic carbocycles. The molecule has 0 saturated heterocycles. The smallest absolute Gasteiger partial charge is 0.150 e. The molecule has 0 spiro atoms. The van der Waals surface area contributed by atoms with Gasteiger partial charge in [0.1, 0.15) is 24.1 Å². The van der Waals surface area contributed by atoms with Crippen molar-refractivity contribution in [3.05, 3.63) is 143 Å². The van der Waals surface area contributed by atoms with Gasteiger partial charge in [-0.1, -0.05) is 91.0 Å². The number of ether oxygens (including phenoxy) is 4. The van der Waals surface area contributed by atoms with Crippen LogP contribution in [0.1, 0.15) is 33.6 Å². The Morgan fingerprint density at radius 1 is 0.714 bits per heavy atom. The van der Waals surface area contributed by atoms with Crippen molar-refractivity contribution in [3.8, 4) is 0 Å². The van der Waals surface area contributed by atoms with Crippen LogP contribution in [0.25, 0.3) is 16.6 Å². The van der Waals surface area contributed by atoms with Crippen molar-refractivity contribution >= 4 is 16.6 Å². The number of fused-ring (bicyclic) bond motifs is 1. The summed E-state index contributed by atoms with van der Waals surface area (Å²) in [5.74, 6) is 0.713. The van der Waals surface area contributed by atoms with Crippen LogP contribution in [0.2, 0.25) is 0 Å². The SMILES string of the molecule is Cc1cc2nc(C3=CO[C@H](COCc4ccccc4)[C@H](OCc4ccccc4)[C@@H]3OCc3ccccc3)[nH]c2cc1C. The first-order chi connectivity index (χ1) is 20.6. The van der Waals surface area contributed by atoms with E-state index in [-0.39, 0.29) is 6.10 Å². The Bertz CT molecular complexity index is 1580. The summed E-state index contributed by atoms with van der Waals surface area (Å²) in [5, 5.41) is 0. The van der Waals surface area contributed by atoms with Crippen molar-refractivity contribution in [2.24, 2.45) is 0 Å². The Morgan fingerprint density at radius 2 is 1.29 bits per heavy atom. The molecule has 3 atom stereocenters. The summed E-state index contributed by atoms with van der Waals surface area (Å²) in [6, 6.07) is 34.7. The maximum atomic E-state index is 6.69. The van der Waals surface area contributed by atoms with Crippen molar-refractivity contribution in [2.45, 2.75) is 52.0 Å². The fourth-order valence-electron chi connectivity index (χ4n) is 5.18. The Morgan fingerprint density at radius 3 is 1.93 bits per heavy atom. The highest BCUT2D eigenvalue weighted by molar-refractivity contribution is 5.81. The van der Waals surface area contributed by atoms with Crippen LogP contribution in [-0.4, -0.2) is 34.9 Å². The minimum absolute atomic E-state index is 0.349. The Hall–Kier alpha value is -4.23. The lowest BCUT2D eigenvalue weighted by atomic mass is 9.97. The van der Waals surface area contributed by atoms with Crippen molar-refractivity contribution < 1.29 is 18.9 Å². The zero-order chi connectivity index (χ0) is 28.7. The zero-order valence-electron chi connectivity index (χ0n) is 24.0. The molecule has 4 aromatic carbocycles. The average Bonchev–Trinajstić information content (AvgIpc) is 3.43. The van der Waals surface area contributed by atoms with E-state index in [1.54, 1.807) is 6.26 Å². The van der Waals surface area contributed by atoms with Crippen LogP contribution in [0.4, 0.5) is 0 Å². The number of aromatic nitrogens is 2. The van der Waals surface area contributed by atoms with Gasteiger partial charge in [-0.3, -0.25) is 0 Å². The number of nitrogens with zero attached hydrogens (tertiary/aromatic N) is 1. The molecular formula is C36H36N2O4. The molecule has 1 aliphatic heterocycles. The number of imidazole rings is 1. The molecule has 1 N–H and O–H groups in total. The normalized spacial score (nSPS) is 18.5. The van der Waals surface area contributed by atoms with Crippen LogP contribution in [0.15, 0.2) is 109 Å². The molecule has 0 radical (unpaired) electrons. The van der Waals surface area contributed by atoms with Crippen molar-refractivity contribution in [3.63, 3.8) is 0 Å².